The fourth-order valence-electron chi connectivity index (χ4n) is 2.54. The van der Waals surface area contributed by atoms with Crippen LogP contribution in [0.1, 0.15) is 33.2 Å². The molecule has 0 fully saturated rings. The van der Waals surface area contributed by atoms with Gasteiger partial charge in [-0.2, -0.15) is 0 Å². The van der Waals surface area contributed by atoms with Crippen LogP contribution in [-0.2, 0) is 9.63 Å². The minimum atomic E-state index is -0.622. The molecule has 5 nitrogen and oxygen atoms in total. The van der Waals surface area contributed by atoms with Crippen LogP contribution < -0.4 is 5.06 Å². The highest BCUT2D eigenvalue weighted by Crippen LogP contribution is 2.20. The van der Waals surface area contributed by atoms with Gasteiger partial charge in [-0.3, -0.25) is 9.59 Å². The summed E-state index contributed by atoms with van der Waals surface area (Å²) < 4.78 is 0. The fourth-order valence-corrected chi connectivity index (χ4v) is 2.54. The highest BCUT2D eigenvalue weighted by atomic mass is 16.7. The highest BCUT2D eigenvalue weighted by Gasteiger charge is 2.21. The normalized spacial score (nSPS) is 10.1. The third kappa shape index (κ3) is 4.27. The van der Waals surface area contributed by atoms with Gasteiger partial charge in [0.25, 0.3) is 5.91 Å². The topological polar surface area (TPSA) is 63.7 Å². The van der Waals surface area contributed by atoms with Crippen LogP contribution >= 0.6 is 0 Å². The van der Waals surface area contributed by atoms with Gasteiger partial charge in [-0.05, 0) is 36.4 Å². The molecule has 0 unspecified atom stereocenters. The SMILES string of the molecule is CC(=O)ON(C(=O)c1ccccc1)c1ccc(C(=O)c2ccccc2)cc1. The van der Waals surface area contributed by atoms with Crippen LogP contribution in [0.25, 0.3) is 0 Å². The molecule has 3 rings (SSSR count). The van der Waals surface area contributed by atoms with Gasteiger partial charge in [0.2, 0.25) is 0 Å². The van der Waals surface area contributed by atoms with E-state index in [2.05, 4.69) is 0 Å². The predicted octanol–water partition coefficient (Wildman–Crippen LogP) is 4.04. The van der Waals surface area contributed by atoms with E-state index in [4.69, 9.17) is 4.84 Å². The van der Waals surface area contributed by atoms with Gasteiger partial charge < -0.3 is 4.84 Å². The first-order chi connectivity index (χ1) is 13.1. The summed E-state index contributed by atoms with van der Waals surface area (Å²) in [5.74, 6) is -1.23. The van der Waals surface area contributed by atoms with Crippen molar-refractivity contribution in [3.63, 3.8) is 0 Å². The maximum atomic E-state index is 12.7. The Morgan fingerprint density at radius 2 is 1.15 bits per heavy atom. The minimum absolute atomic E-state index is 0.129. The summed E-state index contributed by atoms with van der Waals surface area (Å²) in [6.45, 7) is 1.22. The fraction of sp³-hybridized carbons (Fsp3) is 0.0455. The third-order valence-corrected chi connectivity index (χ3v) is 3.83. The van der Waals surface area contributed by atoms with E-state index in [0.717, 1.165) is 5.06 Å². The van der Waals surface area contributed by atoms with E-state index >= 15 is 0 Å². The minimum Gasteiger partial charge on any atom is -0.333 e. The Morgan fingerprint density at radius 1 is 0.667 bits per heavy atom. The number of amides is 1. The molecule has 0 spiro atoms. The summed E-state index contributed by atoms with van der Waals surface area (Å²) in [5, 5.41) is 0.925. The van der Waals surface area contributed by atoms with E-state index in [1.807, 2.05) is 6.07 Å². The van der Waals surface area contributed by atoms with Crippen molar-refractivity contribution in [2.24, 2.45) is 0 Å². The molecule has 0 aliphatic rings. The molecular weight excluding hydrogens is 342 g/mol. The predicted molar refractivity (Wildman–Crippen MR) is 101 cm³/mol. The van der Waals surface area contributed by atoms with Gasteiger partial charge >= 0.3 is 5.97 Å². The Labute approximate surface area is 156 Å². The zero-order valence-electron chi connectivity index (χ0n) is 14.7. The number of ketones is 1. The molecule has 0 saturated heterocycles. The van der Waals surface area contributed by atoms with Crippen LogP contribution in [0.2, 0.25) is 0 Å². The summed E-state index contributed by atoms with van der Waals surface area (Å²) in [6, 6.07) is 23.7. The Hall–Kier alpha value is -3.73. The zero-order valence-corrected chi connectivity index (χ0v) is 14.7. The molecule has 0 atom stereocenters. The molecule has 5 heteroatoms. The van der Waals surface area contributed by atoms with Crippen LogP contribution in [0.15, 0.2) is 84.9 Å². The molecule has 0 radical (unpaired) electrons. The van der Waals surface area contributed by atoms with Crippen LogP contribution in [-0.4, -0.2) is 17.7 Å². The van der Waals surface area contributed by atoms with Crippen molar-refractivity contribution < 1.29 is 19.2 Å². The molecule has 0 aliphatic carbocycles. The van der Waals surface area contributed by atoms with Crippen molar-refractivity contribution in [2.75, 3.05) is 5.06 Å². The number of hydrogen-bond acceptors (Lipinski definition) is 4. The maximum Gasteiger partial charge on any atom is 0.330 e. The highest BCUT2D eigenvalue weighted by molar-refractivity contribution is 6.09. The summed E-state index contributed by atoms with van der Waals surface area (Å²) in [4.78, 5) is 41.7. The summed E-state index contributed by atoms with van der Waals surface area (Å²) in [7, 11) is 0. The molecule has 134 valence electrons. The average molecular weight is 359 g/mol. The van der Waals surface area contributed by atoms with Crippen molar-refractivity contribution in [1.82, 2.24) is 0 Å². The van der Waals surface area contributed by atoms with Crippen molar-refractivity contribution in [3.8, 4) is 0 Å². The largest absolute Gasteiger partial charge is 0.333 e. The van der Waals surface area contributed by atoms with Crippen molar-refractivity contribution in [3.05, 3.63) is 102 Å². The lowest BCUT2D eigenvalue weighted by molar-refractivity contribution is -0.141. The van der Waals surface area contributed by atoms with Crippen LogP contribution in [0.4, 0.5) is 5.69 Å². The first kappa shape index (κ1) is 18.1. The van der Waals surface area contributed by atoms with Gasteiger partial charge in [0, 0.05) is 23.6 Å². The molecule has 27 heavy (non-hydrogen) atoms. The van der Waals surface area contributed by atoms with Crippen LogP contribution in [0.3, 0.4) is 0 Å². The van der Waals surface area contributed by atoms with Gasteiger partial charge in [0.05, 0.1) is 5.69 Å². The lowest BCUT2D eigenvalue weighted by Gasteiger charge is -2.20. The molecule has 3 aromatic rings. The molecular formula is C22H17NO4. The monoisotopic (exact) mass is 359 g/mol. The molecule has 3 aromatic carbocycles. The number of hydroxylamine groups is 1. The lowest BCUT2D eigenvalue weighted by atomic mass is 10.0. The molecule has 0 heterocycles. The first-order valence-corrected chi connectivity index (χ1v) is 8.34. The number of carbonyl (C=O) groups excluding carboxylic acids is 3. The van der Waals surface area contributed by atoms with E-state index in [9.17, 15) is 14.4 Å². The standard InChI is InChI=1S/C22H17NO4/c1-16(24)27-23(22(26)19-10-6-3-7-11-19)20-14-12-18(13-15-20)21(25)17-8-4-2-5-9-17/h2-15H,1H3. The van der Waals surface area contributed by atoms with Crippen LogP contribution in [0, 0.1) is 0 Å². The van der Waals surface area contributed by atoms with Gasteiger partial charge in [-0.15, -0.1) is 5.06 Å². The van der Waals surface area contributed by atoms with E-state index in [1.54, 1.807) is 78.9 Å². The van der Waals surface area contributed by atoms with E-state index in [1.165, 1.54) is 6.92 Å². The molecule has 1 amide bonds. The van der Waals surface area contributed by atoms with Crippen LogP contribution in [0.5, 0.6) is 0 Å². The lowest BCUT2D eigenvalue weighted by Crippen LogP contribution is -2.32. The second-order valence-electron chi connectivity index (χ2n) is 5.79. The van der Waals surface area contributed by atoms with Crippen molar-refractivity contribution >= 4 is 23.3 Å². The van der Waals surface area contributed by atoms with E-state index < -0.39 is 11.9 Å². The molecule has 0 aromatic heterocycles. The number of carbonyl (C=O) groups is 3. The quantitative estimate of drug-likeness (QED) is 0.521. The third-order valence-electron chi connectivity index (χ3n) is 3.83. The Morgan fingerprint density at radius 3 is 1.67 bits per heavy atom. The number of hydrogen-bond donors (Lipinski definition) is 0. The number of benzene rings is 3. The second kappa shape index (κ2) is 8.10. The summed E-state index contributed by atoms with van der Waals surface area (Å²) >= 11 is 0. The Bertz CT molecular complexity index is 951. The maximum absolute atomic E-state index is 12.7. The Kier molecular flexibility index (Phi) is 5.42. The zero-order chi connectivity index (χ0) is 19.2. The molecule has 0 N–H and O–H groups in total. The number of rotatable bonds is 4. The van der Waals surface area contributed by atoms with Gasteiger partial charge in [0.15, 0.2) is 5.78 Å². The van der Waals surface area contributed by atoms with Gasteiger partial charge in [0.1, 0.15) is 0 Å². The molecule has 0 aliphatic heterocycles. The number of anilines is 1. The van der Waals surface area contributed by atoms with E-state index in [0.29, 0.717) is 22.4 Å². The number of nitrogens with zero attached hydrogens (tertiary/aromatic N) is 1. The summed E-state index contributed by atoms with van der Waals surface area (Å²) in [6.07, 6.45) is 0. The van der Waals surface area contributed by atoms with Gasteiger partial charge in [-0.1, -0.05) is 48.5 Å². The van der Waals surface area contributed by atoms with Gasteiger partial charge in [-0.25, -0.2) is 4.79 Å². The second-order valence-corrected chi connectivity index (χ2v) is 5.79. The average Bonchev–Trinajstić information content (AvgIpc) is 2.72. The molecule has 0 bridgehead atoms. The summed E-state index contributed by atoms with van der Waals surface area (Å²) in [5.41, 5.74) is 1.77. The smallest absolute Gasteiger partial charge is 0.330 e. The Balaban J connectivity index is 1.88. The van der Waals surface area contributed by atoms with E-state index in [-0.39, 0.29) is 5.78 Å². The van der Waals surface area contributed by atoms with Crippen molar-refractivity contribution in [2.45, 2.75) is 6.92 Å². The van der Waals surface area contributed by atoms with Crippen molar-refractivity contribution in [1.29, 1.82) is 0 Å². The first-order valence-electron chi connectivity index (χ1n) is 8.34. The molecule has 0 saturated carbocycles.